The first-order chi connectivity index (χ1) is 10.8. The van der Waals surface area contributed by atoms with Crippen LogP contribution < -0.4 is 11.1 Å². The number of fused-ring (bicyclic) bond motifs is 1. The lowest BCUT2D eigenvalue weighted by molar-refractivity contribution is 1.12. The SMILES string of the molecule is Nc1nccc(Nc2cc(-c3cccs3)c3[nH]ncc3c2)n1. The molecular formula is C15H12N6S. The number of anilines is 3. The van der Waals surface area contributed by atoms with Crippen LogP contribution in [0.2, 0.25) is 0 Å². The minimum atomic E-state index is 0.243. The highest BCUT2D eigenvalue weighted by molar-refractivity contribution is 7.13. The van der Waals surface area contributed by atoms with Gasteiger partial charge in [0.25, 0.3) is 0 Å². The number of aromatic amines is 1. The predicted octanol–water partition coefficient (Wildman–Crippen LogP) is 3.41. The van der Waals surface area contributed by atoms with E-state index in [1.165, 1.54) is 4.88 Å². The molecule has 0 fully saturated rings. The van der Waals surface area contributed by atoms with E-state index < -0.39 is 0 Å². The van der Waals surface area contributed by atoms with E-state index in [0.29, 0.717) is 5.82 Å². The number of nitrogens with two attached hydrogens (primary N) is 1. The van der Waals surface area contributed by atoms with Crippen molar-refractivity contribution in [2.75, 3.05) is 11.1 Å². The van der Waals surface area contributed by atoms with Gasteiger partial charge in [0.15, 0.2) is 0 Å². The first-order valence-corrected chi connectivity index (χ1v) is 7.54. The van der Waals surface area contributed by atoms with E-state index in [-0.39, 0.29) is 5.95 Å². The first kappa shape index (κ1) is 12.8. The summed E-state index contributed by atoms with van der Waals surface area (Å²) in [6.45, 7) is 0. The van der Waals surface area contributed by atoms with Crippen LogP contribution in [0, 0.1) is 0 Å². The molecule has 0 amide bonds. The van der Waals surface area contributed by atoms with Gasteiger partial charge in [-0.2, -0.15) is 10.1 Å². The summed E-state index contributed by atoms with van der Waals surface area (Å²) >= 11 is 1.69. The number of nitrogens with one attached hydrogen (secondary N) is 2. The predicted molar refractivity (Wildman–Crippen MR) is 89.1 cm³/mol. The van der Waals surface area contributed by atoms with Crippen molar-refractivity contribution in [1.82, 2.24) is 20.2 Å². The molecule has 0 unspecified atom stereocenters. The lowest BCUT2D eigenvalue weighted by Crippen LogP contribution is -1.99. The second-order valence-electron chi connectivity index (χ2n) is 4.76. The monoisotopic (exact) mass is 308 g/mol. The van der Waals surface area contributed by atoms with Crippen molar-refractivity contribution in [3.63, 3.8) is 0 Å². The highest BCUT2D eigenvalue weighted by atomic mass is 32.1. The molecule has 6 nitrogen and oxygen atoms in total. The summed E-state index contributed by atoms with van der Waals surface area (Å²) in [4.78, 5) is 9.24. The third-order valence-corrected chi connectivity index (χ3v) is 4.19. The summed E-state index contributed by atoms with van der Waals surface area (Å²) < 4.78 is 0. The van der Waals surface area contributed by atoms with Gasteiger partial charge in [-0.05, 0) is 29.6 Å². The number of hydrogen-bond donors (Lipinski definition) is 3. The molecular weight excluding hydrogens is 296 g/mol. The molecule has 0 atom stereocenters. The molecule has 0 aliphatic rings. The number of nitrogen functional groups attached to an aromatic ring is 1. The topological polar surface area (TPSA) is 92.5 Å². The molecule has 0 saturated carbocycles. The van der Waals surface area contributed by atoms with E-state index in [1.54, 1.807) is 23.6 Å². The van der Waals surface area contributed by atoms with E-state index in [0.717, 1.165) is 22.2 Å². The largest absolute Gasteiger partial charge is 0.368 e. The van der Waals surface area contributed by atoms with Gasteiger partial charge in [0, 0.05) is 27.7 Å². The number of nitrogens with zero attached hydrogens (tertiary/aromatic N) is 3. The highest BCUT2D eigenvalue weighted by Gasteiger charge is 2.09. The Hall–Kier alpha value is -2.93. The van der Waals surface area contributed by atoms with E-state index in [2.05, 4.69) is 43.0 Å². The zero-order valence-electron chi connectivity index (χ0n) is 11.4. The van der Waals surface area contributed by atoms with Crippen LogP contribution in [0.1, 0.15) is 0 Å². The smallest absolute Gasteiger partial charge is 0.221 e. The van der Waals surface area contributed by atoms with Crippen LogP contribution in [0.25, 0.3) is 21.3 Å². The van der Waals surface area contributed by atoms with Crippen molar-refractivity contribution >= 4 is 39.7 Å². The van der Waals surface area contributed by atoms with Gasteiger partial charge in [-0.3, -0.25) is 5.10 Å². The van der Waals surface area contributed by atoms with Gasteiger partial charge >= 0.3 is 0 Å². The quantitative estimate of drug-likeness (QED) is 0.539. The molecule has 4 aromatic rings. The van der Waals surface area contributed by atoms with Gasteiger partial charge in [-0.15, -0.1) is 11.3 Å². The number of hydrogen-bond acceptors (Lipinski definition) is 6. The van der Waals surface area contributed by atoms with Gasteiger partial charge in [0.05, 0.1) is 11.7 Å². The molecule has 0 saturated heterocycles. The minimum absolute atomic E-state index is 0.243. The summed E-state index contributed by atoms with van der Waals surface area (Å²) in [7, 11) is 0. The molecule has 3 heterocycles. The molecule has 22 heavy (non-hydrogen) atoms. The maximum atomic E-state index is 5.62. The van der Waals surface area contributed by atoms with Crippen LogP contribution in [-0.4, -0.2) is 20.2 Å². The molecule has 3 aromatic heterocycles. The van der Waals surface area contributed by atoms with Crippen molar-refractivity contribution in [1.29, 1.82) is 0 Å². The maximum absolute atomic E-state index is 5.62. The molecule has 4 rings (SSSR count). The van der Waals surface area contributed by atoms with Crippen LogP contribution in [0.4, 0.5) is 17.5 Å². The van der Waals surface area contributed by atoms with Gasteiger partial charge < -0.3 is 11.1 Å². The molecule has 0 radical (unpaired) electrons. The first-order valence-electron chi connectivity index (χ1n) is 6.66. The summed E-state index contributed by atoms with van der Waals surface area (Å²) in [6.07, 6.45) is 3.44. The Balaban J connectivity index is 1.82. The number of H-pyrrole nitrogens is 1. The van der Waals surface area contributed by atoms with E-state index in [9.17, 15) is 0 Å². The lowest BCUT2D eigenvalue weighted by atomic mass is 10.1. The van der Waals surface area contributed by atoms with Crippen molar-refractivity contribution in [3.05, 3.63) is 48.1 Å². The molecule has 0 aliphatic heterocycles. The van der Waals surface area contributed by atoms with E-state index >= 15 is 0 Å². The van der Waals surface area contributed by atoms with Crippen molar-refractivity contribution in [3.8, 4) is 10.4 Å². The van der Waals surface area contributed by atoms with E-state index in [1.807, 2.05) is 18.3 Å². The third-order valence-electron chi connectivity index (χ3n) is 3.28. The van der Waals surface area contributed by atoms with Crippen LogP contribution in [0.3, 0.4) is 0 Å². The Morgan fingerprint density at radius 2 is 2.18 bits per heavy atom. The fraction of sp³-hybridized carbons (Fsp3) is 0. The fourth-order valence-corrected chi connectivity index (χ4v) is 3.10. The Morgan fingerprint density at radius 1 is 1.23 bits per heavy atom. The Morgan fingerprint density at radius 3 is 3.00 bits per heavy atom. The maximum Gasteiger partial charge on any atom is 0.221 e. The Bertz CT molecular complexity index is 928. The highest BCUT2D eigenvalue weighted by Crippen LogP contribution is 2.34. The summed E-state index contributed by atoms with van der Waals surface area (Å²) in [5, 5.41) is 13.6. The average Bonchev–Trinajstić information content (AvgIpc) is 3.18. The van der Waals surface area contributed by atoms with Crippen molar-refractivity contribution in [2.24, 2.45) is 0 Å². The summed E-state index contributed by atoms with van der Waals surface area (Å²) in [6, 6.07) is 10.00. The standard InChI is InChI=1S/C15H12N6S/c16-15-17-4-3-13(20-15)19-10-6-9-8-18-21-14(9)11(7-10)12-2-1-5-22-12/h1-8H,(H,18,21)(H3,16,17,19,20). The third kappa shape index (κ3) is 2.27. The van der Waals surface area contributed by atoms with Crippen LogP contribution in [-0.2, 0) is 0 Å². The van der Waals surface area contributed by atoms with Crippen LogP contribution in [0.5, 0.6) is 0 Å². The van der Waals surface area contributed by atoms with E-state index in [4.69, 9.17) is 5.73 Å². The van der Waals surface area contributed by atoms with Gasteiger partial charge in [0.2, 0.25) is 5.95 Å². The second kappa shape index (κ2) is 5.12. The van der Waals surface area contributed by atoms with Gasteiger partial charge in [-0.25, -0.2) is 4.98 Å². The molecule has 0 bridgehead atoms. The average molecular weight is 308 g/mol. The fourth-order valence-electron chi connectivity index (χ4n) is 2.35. The normalized spacial score (nSPS) is 10.9. The van der Waals surface area contributed by atoms with Crippen molar-refractivity contribution < 1.29 is 0 Å². The number of rotatable bonds is 3. The molecule has 108 valence electrons. The van der Waals surface area contributed by atoms with Crippen LogP contribution >= 0.6 is 11.3 Å². The number of aromatic nitrogens is 4. The number of thiophene rings is 1. The lowest BCUT2D eigenvalue weighted by Gasteiger charge is -2.08. The molecule has 7 heteroatoms. The van der Waals surface area contributed by atoms with Gasteiger partial charge in [-0.1, -0.05) is 6.07 Å². The Kier molecular flexibility index (Phi) is 2.97. The minimum Gasteiger partial charge on any atom is -0.368 e. The summed E-state index contributed by atoms with van der Waals surface area (Å²) in [5.41, 5.74) is 8.67. The van der Waals surface area contributed by atoms with Gasteiger partial charge in [0.1, 0.15) is 5.82 Å². The molecule has 0 aliphatic carbocycles. The zero-order chi connectivity index (χ0) is 14.9. The second-order valence-corrected chi connectivity index (χ2v) is 5.71. The Labute approximate surface area is 130 Å². The zero-order valence-corrected chi connectivity index (χ0v) is 12.3. The van der Waals surface area contributed by atoms with Crippen molar-refractivity contribution in [2.45, 2.75) is 0 Å². The summed E-state index contributed by atoms with van der Waals surface area (Å²) in [5.74, 6) is 0.903. The molecule has 0 spiro atoms. The molecule has 1 aromatic carbocycles. The molecule has 4 N–H and O–H groups in total. The van der Waals surface area contributed by atoms with Crippen LogP contribution in [0.15, 0.2) is 48.1 Å². The number of benzene rings is 1.